The van der Waals surface area contributed by atoms with E-state index in [4.69, 9.17) is 5.11 Å². The molecule has 0 spiro atoms. The number of aryl methyl sites for hydroxylation is 1. The van der Waals surface area contributed by atoms with Gasteiger partial charge in [-0.3, -0.25) is 0 Å². The fraction of sp³-hybridized carbons (Fsp3) is 0.143. The summed E-state index contributed by atoms with van der Waals surface area (Å²) in [6, 6.07) is 7.09. The summed E-state index contributed by atoms with van der Waals surface area (Å²) in [5.41, 5.74) is 1.17. The molecule has 0 aliphatic heterocycles. The Kier molecular flexibility index (Phi) is 3.80. The van der Waals surface area contributed by atoms with Crippen molar-refractivity contribution < 1.29 is 31.3 Å². The average Bonchev–Trinajstić information content (AvgIpc) is 1.77. The largest absolute Gasteiger partial charge is 0.508 e. The Hall–Kier alpha value is -0.0969. The summed E-state index contributed by atoms with van der Waals surface area (Å²) in [5.74, 6) is 0.329. The molecule has 1 N–H and O–H groups in total. The molecule has 0 unspecified atom stereocenters. The molecule has 0 aliphatic carbocycles. The second kappa shape index (κ2) is 3.84. The standard InChI is InChI=1S/C7H8O.Zr/c1-6-2-4-7(8)5-3-6;/h2-5,8H,1H3;. The zero-order valence-corrected chi connectivity index (χ0v) is 7.71. The Bertz CT molecular complexity index is 148. The third-order valence-corrected chi connectivity index (χ3v) is 1.03. The zero-order chi connectivity index (χ0) is 5.98. The van der Waals surface area contributed by atoms with Gasteiger partial charge in [-0.2, -0.15) is 0 Å². The minimum absolute atomic E-state index is 0. The Morgan fingerprint density at radius 2 is 1.56 bits per heavy atom. The van der Waals surface area contributed by atoms with Gasteiger partial charge in [0.2, 0.25) is 0 Å². The molecule has 0 amide bonds. The molecule has 2 heteroatoms. The van der Waals surface area contributed by atoms with Crippen molar-refractivity contribution in [1.82, 2.24) is 0 Å². The van der Waals surface area contributed by atoms with Crippen LogP contribution in [0.1, 0.15) is 5.56 Å². The van der Waals surface area contributed by atoms with Crippen molar-refractivity contribution in [3.05, 3.63) is 29.8 Å². The summed E-state index contributed by atoms with van der Waals surface area (Å²) in [5, 5.41) is 8.76. The SMILES string of the molecule is Cc1ccc(O)cc1.[Zr]. The van der Waals surface area contributed by atoms with Crippen molar-refractivity contribution in [3.8, 4) is 5.75 Å². The molecule has 1 rings (SSSR count). The van der Waals surface area contributed by atoms with Crippen LogP contribution in [0.15, 0.2) is 24.3 Å². The van der Waals surface area contributed by atoms with Gasteiger partial charge in [-0.25, -0.2) is 0 Å². The molecule has 9 heavy (non-hydrogen) atoms. The van der Waals surface area contributed by atoms with Crippen LogP contribution in [0.3, 0.4) is 0 Å². The number of phenolic OH excluding ortho intramolecular Hbond substituents is 1. The molecular formula is C7H8OZr. The Morgan fingerprint density at radius 1 is 1.11 bits per heavy atom. The average molecular weight is 199 g/mol. The van der Waals surface area contributed by atoms with E-state index in [2.05, 4.69) is 0 Å². The molecule has 0 aliphatic rings. The maximum Gasteiger partial charge on any atom is 0.115 e. The fourth-order valence-corrected chi connectivity index (χ4v) is 0.545. The van der Waals surface area contributed by atoms with Crippen molar-refractivity contribution in [2.24, 2.45) is 0 Å². The summed E-state index contributed by atoms with van der Waals surface area (Å²) in [7, 11) is 0. The van der Waals surface area contributed by atoms with E-state index in [0.29, 0.717) is 5.75 Å². The minimum atomic E-state index is 0. The van der Waals surface area contributed by atoms with Gasteiger partial charge >= 0.3 is 0 Å². The number of hydrogen-bond donors (Lipinski definition) is 1. The second-order valence-corrected chi connectivity index (χ2v) is 1.84. The summed E-state index contributed by atoms with van der Waals surface area (Å²) < 4.78 is 0. The van der Waals surface area contributed by atoms with Gasteiger partial charge in [-0.15, -0.1) is 0 Å². The van der Waals surface area contributed by atoms with Crippen LogP contribution in [0.4, 0.5) is 0 Å². The third-order valence-electron chi connectivity index (χ3n) is 1.03. The first-order valence-electron chi connectivity index (χ1n) is 2.54. The molecule has 0 fully saturated rings. The van der Waals surface area contributed by atoms with E-state index in [-0.39, 0.29) is 26.2 Å². The molecular weight excluding hydrogens is 191 g/mol. The molecule has 0 atom stereocenters. The van der Waals surface area contributed by atoms with Gasteiger partial charge in [0.15, 0.2) is 0 Å². The Labute approximate surface area is 73.8 Å². The molecule has 1 aromatic carbocycles. The number of benzene rings is 1. The predicted molar refractivity (Wildman–Crippen MR) is 32.8 cm³/mol. The van der Waals surface area contributed by atoms with Crippen LogP contribution in [-0.2, 0) is 26.2 Å². The van der Waals surface area contributed by atoms with Crippen LogP contribution in [0.5, 0.6) is 5.75 Å². The second-order valence-electron chi connectivity index (χ2n) is 1.84. The molecule has 1 aromatic rings. The van der Waals surface area contributed by atoms with Gasteiger partial charge in [0.05, 0.1) is 0 Å². The van der Waals surface area contributed by atoms with Gasteiger partial charge in [0.1, 0.15) is 5.75 Å². The molecule has 0 saturated heterocycles. The maximum absolute atomic E-state index is 8.76. The van der Waals surface area contributed by atoms with Crippen LogP contribution < -0.4 is 0 Å². The van der Waals surface area contributed by atoms with E-state index in [1.165, 1.54) is 5.56 Å². The number of rotatable bonds is 0. The number of phenols is 1. The maximum atomic E-state index is 8.76. The van der Waals surface area contributed by atoms with Crippen LogP contribution in [-0.4, -0.2) is 5.11 Å². The van der Waals surface area contributed by atoms with E-state index in [1.807, 2.05) is 19.1 Å². The topological polar surface area (TPSA) is 20.2 Å². The number of aromatic hydroxyl groups is 1. The van der Waals surface area contributed by atoms with Crippen molar-refractivity contribution >= 4 is 0 Å². The Balaban J connectivity index is 0.000000640. The predicted octanol–water partition coefficient (Wildman–Crippen LogP) is 1.70. The molecule has 1 nitrogen and oxygen atoms in total. The van der Waals surface area contributed by atoms with Crippen molar-refractivity contribution in [1.29, 1.82) is 0 Å². The van der Waals surface area contributed by atoms with Gasteiger partial charge in [-0.05, 0) is 19.1 Å². The summed E-state index contributed by atoms with van der Waals surface area (Å²) >= 11 is 0. The molecule has 0 radical (unpaired) electrons. The van der Waals surface area contributed by atoms with E-state index in [1.54, 1.807) is 12.1 Å². The summed E-state index contributed by atoms with van der Waals surface area (Å²) in [6.45, 7) is 1.99. The fourth-order valence-electron chi connectivity index (χ4n) is 0.545. The van der Waals surface area contributed by atoms with E-state index >= 15 is 0 Å². The molecule has 0 aromatic heterocycles. The normalized spacial score (nSPS) is 8.11. The molecule has 46 valence electrons. The van der Waals surface area contributed by atoms with Gasteiger partial charge in [-0.1, -0.05) is 17.7 Å². The first-order valence-corrected chi connectivity index (χ1v) is 2.54. The van der Waals surface area contributed by atoms with Gasteiger partial charge in [0, 0.05) is 26.2 Å². The van der Waals surface area contributed by atoms with Crippen LogP contribution in [0, 0.1) is 6.92 Å². The minimum Gasteiger partial charge on any atom is -0.508 e. The zero-order valence-electron chi connectivity index (χ0n) is 5.26. The summed E-state index contributed by atoms with van der Waals surface area (Å²) in [6.07, 6.45) is 0. The van der Waals surface area contributed by atoms with E-state index < -0.39 is 0 Å². The van der Waals surface area contributed by atoms with Crippen LogP contribution >= 0.6 is 0 Å². The number of hydrogen-bond acceptors (Lipinski definition) is 1. The smallest absolute Gasteiger partial charge is 0.115 e. The monoisotopic (exact) mass is 198 g/mol. The van der Waals surface area contributed by atoms with Crippen LogP contribution in [0.2, 0.25) is 0 Å². The van der Waals surface area contributed by atoms with Crippen LogP contribution in [0.25, 0.3) is 0 Å². The quantitative estimate of drug-likeness (QED) is 0.674. The molecule has 0 heterocycles. The first kappa shape index (κ1) is 8.90. The molecule has 0 saturated carbocycles. The van der Waals surface area contributed by atoms with Crippen molar-refractivity contribution in [2.45, 2.75) is 6.92 Å². The van der Waals surface area contributed by atoms with Gasteiger partial charge < -0.3 is 5.11 Å². The Morgan fingerprint density at radius 3 is 1.89 bits per heavy atom. The molecule has 0 bridgehead atoms. The van der Waals surface area contributed by atoms with E-state index in [9.17, 15) is 0 Å². The van der Waals surface area contributed by atoms with Crippen molar-refractivity contribution in [2.75, 3.05) is 0 Å². The van der Waals surface area contributed by atoms with Crippen molar-refractivity contribution in [3.63, 3.8) is 0 Å². The summed E-state index contributed by atoms with van der Waals surface area (Å²) in [4.78, 5) is 0. The first-order chi connectivity index (χ1) is 3.79. The van der Waals surface area contributed by atoms with Gasteiger partial charge in [0.25, 0.3) is 0 Å². The third kappa shape index (κ3) is 2.81. The van der Waals surface area contributed by atoms with E-state index in [0.717, 1.165) is 0 Å².